The Morgan fingerprint density at radius 1 is 0.560 bits per heavy atom. The molecule has 0 atom stereocenters. The Bertz CT molecular complexity index is 788. The van der Waals surface area contributed by atoms with Crippen LogP contribution in [-0.4, -0.2) is 39.3 Å². The molecule has 0 saturated heterocycles. The summed E-state index contributed by atoms with van der Waals surface area (Å²) in [6, 6.07) is 17.6. The molecule has 0 radical (unpaired) electrons. The molecule has 0 spiro atoms. The Balaban J connectivity index is 1.75. The highest BCUT2D eigenvalue weighted by Crippen LogP contribution is 2.31. The first kappa shape index (κ1) is 16.2. The first-order valence-electron chi connectivity index (χ1n) is 9.26. The molecule has 0 unspecified atom stereocenters. The molecule has 4 heteroatoms. The highest BCUT2D eigenvalue weighted by molar-refractivity contribution is 6.07. The predicted molar refractivity (Wildman–Crippen MR) is 109 cm³/mol. The van der Waals surface area contributed by atoms with Gasteiger partial charge >= 0.3 is 0 Å². The Hall–Kier alpha value is -2.30. The van der Waals surface area contributed by atoms with Crippen LogP contribution in [0.25, 0.3) is 21.5 Å². The van der Waals surface area contributed by atoms with E-state index in [1.165, 1.54) is 32.9 Å². The summed E-state index contributed by atoms with van der Waals surface area (Å²) < 4.78 is 0. The summed E-state index contributed by atoms with van der Waals surface area (Å²) in [5.41, 5.74) is 2.43. The van der Waals surface area contributed by atoms with Gasteiger partial charge in [0.2, 0.25) is 0 Å². The van der Waals surface area contributed by atoms with Crippen LogP contribution in [0.5, 0.6) is 0 Å². The normalized spacial score (nSPS) is 16.8. The molecule has 3 aromatic rings. The summed E-state index contributed by atoms with van der Waals surface area (Å²) in [5.74, 6) is 0. The van der Waals surface area contributed by atoms with Gasteiger partial charge in [-0.15, -0.1) is 0 Å². The Labute approximate surface area is 149 Å². The minimum absolute atomic E-state index is 0.937. The van der Waals surface area contributed by atoms with Gasteiger partial charge < -0.3 is 21.3 Å². The number of hydrogen-bond acceptors (Lipinski definition) is 4. The van der Waals surface area contributed by atoms with Gasteiger partial charge in [-0.1, -0.05) is 24.3 Å². The van der Waals surface area contributed by atoms with Crippen molar-refractivity contribution in [3.05, 3.63) is 48.5 Å². The highest BCUT2D eigenvalue weighted by atomic mass is 15.0. The van der Waals surface area contributed by atoms with Crippen LogP contribution >= 0.6 is 0 Å². The molecule has 3 aromatic carbocycles. The molecule has 2 heterocycles. The molecule has 2 aliphatic heterocycles. The van der Waals surface area contributed by atoms with E-state index in [0.29, 0.717) is 0 Å². The maximum atomic E-state index is 3.59. The Kier molecular flexibility index (Phi) is 5.00. The van der Waals surface area contributed by atoms with Gasteiger partial charge in [0.15, 0.2) is 0 Å². The molecule has 0 fully saturated rings. The lowest BCUT2D eigenvalue weighted by Crippen LogP contribution is -2.28. The molecule has 6 bridgehead atoms. The molecule has 0 amide bonds. The zero-order valence-electron chi connectivity index (χ0n) is 14.6. The van der Waals surface area contributed by atoms with Crippen LogP contribution in [0.3, 0.4) is 0 Å². The van der Waals surface area contributed by atoms with Crippen molar-refractivity contribution < 1.29 is 0 Å². The van der Waals surface area contributed by atoms with E-state index in [2.05, 4.69) is 69.8 Å². The van der Waals surface area contributed by atoms with E-state index in [1.807, 2.05) is 0 Å². The van der Waals surface area contributed by atoms with Crippen LogP contribution < -0.4 is 21.3 Å². The SMILES string of the molecule is c1cc2c3cc4cccc(c4cc3c1)NCCNCCCNCCN2. The average molecular weight is 334 g/mol. The van der Waals surface area contributed by atoms with Crippen LogP contribution in [0.2, 0.25) is 0 Å². The summed E-state index contributed by atoms with van der Waals surface area (Å²) >= 11 is 0. The summed E-state index contributed by atoms with van der Waals surface area (Å²) in [4.78, 5) is 0. The van der Waals surface area contributed by atoms with Crippen molar-refractivity contribution in [2.24, 2.45) is 0 Å². The first-order chi connectivity index (χ1) is 12.4. The number of nitrogens with one attached hydrogen (secondary N) is 4. The quantitative estimate of drug-likeness (QED) is 0.476. The second-order valence-corrected chi connectivity index (χ2v) is 6.61. The highest BCUT2D eigenvalue weighted by Gasteiger charge is 2.06. The lowest BCUT2D eigenvalue weighted by Gasteiger charge is -2.13. The first-order valence-corrected chi connectivity index (χ1v) is 9.26. The zero-order chi connectivity index (χ0) is 16.9. The molecule has 25 heavy (non-hydrogen) atoms. The predicted octanol–water partition coefficient (Wildman–Crippen LogP) is 3.40. The van der Waals surface area contributed by atoms with Crippen molar-refractivity contribution >= 4 is 32.9 Å². The fourth-order valence-electron chi connectivity index (χ4n) is 3.52. The summed E-state index contributed by atoms with van der Waals surface area (Å²) in [5, 5.41) is 19.3. The molecule has 2 aliphatic rings. The largest absolute Gasteiger partial charge is 0.383 e. The third-order valence-corrected chi connectivity index (χ3v) is 4.82. The van der Waals surface area contributed by atoms with Gasteiger partial charge in [-0.05, 0) is 54.5 Å². The molecule has 130 valence electrons. The molecular formula is C21H26N4. The van der Waals surface area contributed by atoms with Crippen LogP contribution in [-0.2, 0) is 0 Å². The summed E-state index contributed by atoms with van der Waals surface area (Å²) in [7, 11) is 0. The Morgan fingerprint density at radius 3 is 1.60 bits per heavy atom. The maximum absolute atomic E-state index is 3.59. The van der Waals surface area contributed by atoms with Gasteiger partial charge in [-0.25, -0.2) is 0 Å². The van der Waals surface area contributed by atoms with Gasteiger partial charge in [-0.3, -0.25) is 0 Å². The van der Waals surface area contributed by atoms with Crippen molar-refractivity contribution in [2.75, 3.05) is 49.9 Å². The van der Waals surface area contributed by atoms with Crippen molar-refractivity contribution in [1.82, 2.24) is 10.6 Å². The van der Waals surface area contributed by atoms with Crippen molar-refractivity contribution in [2.45, 2.75) is 6.42 Å². The second kappa shape index (κ2) is 7.72. The van der Waals surface area contributed by atoms with Crippen molar-refractivity contribution in [3.63, 3.8) is 0 Å². The molecule has 0 aliphatic carbocycles. The van der Waals surface area contributed by atoms with Crippen LogP contribution in [0, 0.1) is 0 Å². The maximum Gasteiger partial charge on any atom is 0.0420 e. The smallest absolute Gasteiger partial charge is 0.0420 e. The van der Waals surface area contributed by atoms with Crippen molar-refractivity contribution in [3.8, 4) is 0 Å². The third-order valence-electron chi connectivity index (χ3n) is 4.82. The van der Waals surface area contributed by atoms with Gasteiger partial charge in [0.05, 0.1) is 0 Å². The van der Waals surface area contributed by atoms with Gasteiger partial charge in [0.25, 0.3) is 0 Å². The van der Waals surface area contributed by atoms with Crippen LogP contribution in [0.1, 0.15) is 6.42 Å². The van der Waals surface area contributed by atoms with Gasteiger partial charge in [-0.2, -0.15) is 0 Å². The Morgan fingerprint density at radius 2 is 1.08 bits per heavy atom. The van der Waals surface area contributed by atoms with E-state index in [9.17, 15) is 0 Å². The monoisotopic (exact) mass is 334 g/mol. The summed E-state index contributed by atoms with van der Waals surface area (Å²) in [6.07, 6.45) is 1.16. The number of anilines is 2. The molecule has 0 aromatic heterocycles. The van der Waals surface area contributed by atoms with Crippen LogP contribution in [0.15, 0.2) is 48.5 Å². The van der Waals surface area contributed by atoms with E-state index < -0.39 is 0 Å². The number of fused-ring (bicyclic) bond motifs is 10. The minimum atomic E-state index is 0.937. The van der Waals surface area contributed by atoms with Crippen molar-refractivity contribution in [1.29, 1.82) is 0 Å². The minimum Gasteiger partial charge on any atom is -0.383 e. The van der Waals surface area contributed by atoms with E-state index in [1.54, 1.807) is 0 Å². The number of benzene rings is 3. The topological polar surface area (TPSA) is 48.1 Å². The van der Waals surface area contributed by atoms with E-state index in [-0.39, 0.29) is 0 Å². The molecular weight excluding hydrogens is 308 g/mol. The lowest BCUT2D eigenvalue weighted by atomic mass is 10.0. The van der Waals surface area contributed by atoms with Gasteiger partial charge in [0.1, 0.15) is 0 Å². The fourth-order valence-corrected chi connectivity index (χ4v) is 3.52. The van der Waals surface area contributed by atoms with Crippen LogP contribution in [0.4, 0.5) is 11.4 Å². The lowest BCUT2D eigenvalue weighted by molar-refractivity contribution is 0.609. The van der Waals surface area contributed by atoms with E-state index in [4.69, 9.17) is 0 Å². The average Bonchev–Trinajstić information content (AvgIpc) is 2.64. The fraction of sp³-hybridized carbons (Fsp3) is 0.333. The van der Waals surface area contributed by atoms with E-state index in [0.717, 1.165) is 45.7 Å². The standard InChI is InChI=1S/C21H26N4/c1-4-16-14-19-17-5-2-7-21(19)25-13-11-23-9-3-8-22-10-12-24-20(6-1)18(16)15-17/h1-2,4-7,14-15,22-25H,3,8-13H2. The third kappa shape index (κ3) is 3.70. The second-order valence-electron chi connectivity index (χ2n) is 6.61. The van der Waals surface area contributed by atoms with E-state index >= 15 is 0 Å². The number of hydrogen-bond donors (Lipinski definition) is 4. The zero-order valence-corrected chi connectivity index (χ0v) is 14.6. The van der Waals surface area contributed by atoms with Gasteiger partial charge in [0, 0.05) is 48.3 Å². The molecule has 4 nitrogen and oxygen atoms in total. The number of rotatable bonds is 0. The molecule has 0 saturated carbocycles. The summed E-state index contributed by atoms with van der Waals surface area (Å²) in [6.45, 7) is 5.95. The molecule has 5 rings (SSSR count). The molecule has 4 N–H and O–H groups in total.